The molecule has 17 heavy (non-hydrogen) atoms. The van der Waals surface area contributed by atoms with Gasteiger partial charge in [0.15, 0.2) is 0 Å². The van der Waals surface area contributed by atoms with Crippen LogP contribution in [0.5, 0.6) is 0 Å². The fraction of sp³-hybridized carbons (Fsp3) is 0.750. The molecule has 0 aromatic rings. The lowest BCUT2D eigenvalue weighted by Crippen LogP contribution is -2.39. The molecule has 0 saturated heterocycles. The van der Waals surface area contributed by atoms with Gasteiger partial charge in [0.1, 0.15) is 0 Å². The van der Waals surface area contributed by atoms with Gasteiger partial charge >= 0.3 is 11.8 Å². The Bertz CT molecular complexity index is 348. The van der Waals surface area contributed by atoms with E-state index in [1.807, 2.05) is 0 Å². The molecule has 0 unspecified atom stereocenters. The van der Waals surface area contributed by atoms with Crippen LogP contribution in [-0.2, 0) is 9.59 Å². The molecule has 0 aliphatic heterocycles. The first kappa shape index (κ1) is 12.1. The molecule has 0 aromatic heterocycles. The van der Waals surface area contributed by atoms with Crippen molar-refractivity contribution in [2.24, 2.45) is 11.0 Å². The number of hydrogen-bond acceptors (Lipinski definition) is 3. The smallest absolute Gasteiger partial charge is 0.329 e. The predicted molar refractivity (Wildman–Crippen MR) is 64.4 cm³/mol. The molecule has 5 heteroatoms. The van der Waals surface area contributed by atoms with E-state index in [4.69, 9.17) is 0 Å². The summed E-state index contributed by atoms with van der Waals surface area (Å²) in [6.07, 6.45) is 6.12. The van der Waals surface area contributed by atoms with Gasteiger partial charge in [-0.05, 0) is 38.0 Å². The van der Waals surface area contributed by atoms with Gasteiger partial charge in [0.2, 0.25) is 0 Å². The fourth-order valence-electron chi connectivity index (χ4n) is 2.02. The van der Waals surface area contributed by atoms with Crippen LogP contribution in [0.3, 0.4) is 0 Å². The minimum absolute atomic E-state index is 0.205. The number of carbonyl (C=O) groups excluding carboxylic acids is 2. The largest absolute Gasteiger partial charge is 0.345 e. The fourth-order valence-corrected chi connectivity index (χ4v) is 2.02. The Labute approximate surface area is 101 Å². The Morgan fingerprint density at radius 2 is 2.06 bits per heavy atom. The van der Waals surface area contributed by atoms with Crippen molar-refractivity contribution in [3.05, 3.63) is 0 Å². The summed E-state index contributed by atoms with van der Waals surface area (Å²) in [6.45, 7) is 2.16. The Morgan fingerprint density at radius 1 is 1.29 bits per heavy atom. The van der Waals surface area contributed by atoms with Crippen molar-refractivity contribution < 1.29 is 9.59 Å². The summed E-state index contributed by atoms with van der Waals surface area (Å²) >= 11 is 0. The zero-order valence-electron chi connectivity index (χ0n) is 10.2. The van der Waals surface area contributed by atoms with Crippen LogP contribution in [0.4, 0.5) is 0 Å². The number of carbonyl (C=O) groups is 2. The summed E-state index contributed by atoms with van der Waals surface area (Å²) in [5.41, 5.74) is 3.34. The van der Waals surface area contributed by atoms with Gasteiger partial charge in [-0.1, -0.05) is 13.3 Å². The summed E-state index contributed by atoms with van der Waals surface area (Å²) in [7, 11) is 0. The van der Waals surface area contributed by atoms with Gasteiger partial charge in [-0.3, -0.25) is 9.59 Å². The van der Waals surface area contributed by atoms with Crippen LogP contribution in [0.2, 0.25) is 0 Å². The molecule has 2 rings (SSSR count). The van der Waals surface area contributed by atoms with Crippen molar-refractivity contribution in [3.8, 4) is 0 Å². The zero-order valence-corrected chi connectivity index (χ0v) is 10.2. The Balaban J connectivity index is 1.74. The molecular formula is C12H19N3O2. The molecule has 94 valence electrons. The maximum atomic E-state index is 11.4. The maximum absolute atomic E-state index is 11.4. The van der Waals surface area contributed by atoms with Crippen LogP contribution in [0.1, 0.15) is 45.4 Å². The molecule has 2 aliphatic carbocycles. The monoisotopic (exact) mass is 237 g/mol. The highest BCUT2D eigenvalue weighted by atomic mass is 16.2. The molecular weight excluding hydrogens is 218 g/mol. The summed E-state index contributed by atoms with van der Waals surface area (Å²) in [5.74, 6) is -0.530. The van der Waals surface area contributed by atoms with Gasteiger partial charge in [0, 0.05) is 11.8 Å². The second kappa shape index (κ2) is 5.29. The molecule has 1 atom stereocenters. The number of rotatable bonds is 3. The molecule has 2 amide bonds. The first-order chi connectivity index (χ1) is 8.19. The van der Waals surface area contributed by atoms with Crippen LogP contribution < -0.4 is 10.7 Å². The number of hydrazone groups is 1. The minimum atomic E-state index is -0.649. The van der Waals surface area contributed by atoms with Crippen molar-refractivity contribution in [3.63, 3.8) is 0 Å². The molecule has 0 spiro atoms. The van der Waals surface area contributed by atoms with E-state index in [0.717, 1.165) is 44.2 Å². The zero-order chi connectivity index (χ0) is 12.3. The second-order valence-corrected chi connectivity index (χ2v) is 4.88. The molecule has 0 heterocycles. The summed E-state index contributed by atoms with van der Waals surface area (Å²) in [6, 6.07) is 0.205. The van der Waals surface area contributed by atoms with Gasteiger partial charge in [-0.25, -0.2) is 5.43 Å². The van der Waals surface area contributed by atoms with Crippen LogP contribution in [0.15, 0.2) is 5.10 Å². The Hall–Kier alpha value is -1.39. The first-order valence-corrected chi connectivity index (χ1v) is 6.35. The van der Waals surface area contributed by atoms with Crippen LogP contribution in [-0.4, -0.2) is 23.6 Å². The molecule has 2 aliphatic rings. The highest BCUT2D eigenvalue weighted by molar-refractivity contribution is 6.35. The van der Waals surface area contributed by atoms with Gasteiger partial charge in [-0.15, -0.1) is 0 Å². The van der Waals surface area contributed by atoms with Gasteiger partial charge < -0.3 is 5.32 Å². The average molecular weight is 237 g/mol. The third-order valence-electron chi connectivity index (χ3n) is 3.38. The van der Waals surface area contributed by atoms with Crippen LogP contribution in [0, 0.1) is 5.92 Å². The van der Waals surface area contributed by atoms with Crippen molar-refractivity contribution >= 4 is 17.5 Å². The molecule has 0 bridgehead atoms. The normalized spacial score (nSPS) is 25.9. The maximum Gasteiger partial charge on any atom is 0.329 e. The highest BCUT2D eigenvalue weighted by Crippen LogP contribution is 2.25. The molecule has 0 radical (unpaired) electrons. The van der Waals surface area contributed by atoms with Crippen molar-refractivity contribution in [2.45, 2.75) is 51.5 Å². The van der Waals surface area contributed by atoms with Gasteiger partial charge in [-0.2, -0.15) is 5.10 Å². The van der Waals surface area contributed by atoms with E-state index in [1.165, 1.54) is 0 Å². The minimum Gasteiger partial charge on any atom is -0.345 e. The van der Waals surface area contributed by atoms with Crippen LogP contribution in [0.25, 0.3) is 0 Å². The topological polar surface area (TPSA) is 70.6 Å². The lowest BCUT2D eigenvalue weighted by atomic mass is 10.1. The van der Waals surface area contributed by atoms with Gasteiger partial charge in [0.05, 0.1) is 0 Å². The standard InChI is InChI=1S/C12H19N3O2/c1-2-8-3-4-10(7-8)14-15-12(17)11(16)13-9-5-6-9/h8-9H,2-7H2,1H3,(H,13,16)(H,15,17)/t8-/m1/s1. The lowest BCUT2D eigenvalue weighted by molar-refractivity contribution is -0.139. The van der Waals surface area contributed by atoms with E-state index in [1.54, 1.807) is 0 Å². The van der Waals surface area contributed by atoms with Crippen molar-refractivity contribution in [1.29, 1.82) is 0 Å². The van der Waals surface area contributed by atoms with E-state index >= 15 is 0 Å². The lowest BCUT2D eigenvalue weighted by Gasteiger charge is -2.03. The number of amides is 2. The number of nitrogens with one attached hydrogen (secondary N) is 2. The second-order valence-electron chi connectivity index (χ2n) is 4.88. The van der Waals surface area contributed by atoms with E-state index in [0.29, 0.717) is 5.92 Å². The summed E-state index contributed by atoms with van der Waals surface area (Å²) in [5, 5.41) is 6.66. The predicted octanol–water partition coefficient (Wildman–Crippen LogP) is 0.947. The third kappa shape index (κ3) is 3.54. The molecule has 0 aromatic carbocycles. The number of nitrogens with zero attached hydrogens (tertiary/aromatic N) is 1. The van der Waals surface area contributed by atoms with E-state index in [2.05, 4.69) is 22.8 Å². The SMILES string of the molecule is CC[C@@H]1CCC(=NNC(=O)C(=O)NC2CC2)C1. The van der Waals surface area contributed by atoms with Crippen LogP contribution >= 0.6 is 0 Å². The summed E-state index contributed by atoms with van der Waals surface area (Å²) < 4.78 is 0. The van der Waals surface area contributed by atoms with Crippen molar-refractivity contribution in [2.75, 3.05) is 0 Å². The van der Waals surface area contributed by atoms with E-state index < -0.39 is 11.8 Å². The Kier molecular flexibility index (Phi) is 3.76. The molecule has 2 N–H and O–H groups in total. The number of hydrogen-bond donors (Lipinski definition) is 2. The molecule has 2 fully saturated rings. The average Bonchev–Trinajstić information content (AvgIpc) is 3.02. The third-order valence-corrected chi connectivity index (χ3v) is 3.38. The molecule has 2 saturated carbocycles. The molecule has 5 nitrogen and oxygen atoms in total. The van der Waals surface area contributed by atoms with E-state index in [9.17, 15) is 9.59 Å². The van der Waals surface area contributed by atoms with Gasteiger partial charge in [0.25, 0.3) is 0 Å². The quantitative estimate of drug-likeness (QED) is 0.566. The highest BCUT2D eigenvalue weighted by Gasteiger charge is 2.26. The Morgan fingerprint density at radius 3 is 2.65 bits per heavy atom. The first-order valence-electron chi connectivity index (χ1n) is 6.35. The summed E-state index contributed by atoms with van der Waals surface area (Å²) in [4.78, 5) is 22.7. The van der Waals surface area contributed by atoms with Crippen molar-refractivity contribution in [1.82, 2.24) is 10.7 Å². The van der Waals surface area contributed by atoms with E-state index in [-0.39, 0.29) is 6.04 Å².